The van der Waals surface area contributed by atoms with Gasteiger partial charge in [0, 0.05) is 38.4 Å². The van der Waals surface area contributed by atoms with Crippen LogP contribution in [0.15, 0.2) is 30.3 Å². The van der Waals surface area contributed by atoms with E-state index in [2.05, 4.69) is 6.92 Å². The maximum absolute atomic E-state index is 5.63. The van der Waals surface area contributed by atoms with Gasteiger partial charge in [0.05, 0.1) is 0 Å². The van der Waals surface area contributed by atoms with Crippen LogP contribution in [0, 0.1) is 6.92 Å². The normalized spacial score (nSPS) is 9.45. The Morgan fingerprint density at radius 1 is 1.27 bits per heavy atom. The van der Waals surface area contributed by atoms with E-state index in [1.807, 2.05) is 30.3 Å². The zero-order valence-electron chi connectivity index (χ0n) is 6.33. The molecule has 0 aliphatic heterocycles. The Morgan fingerprint density at radius 3 is 2.45 bits per heavy atom. The summed E-state index contributed by atoms with van der Waals surface area (Å²) in [6.45, 7) is 3.59. The molecule has 1 radical (unpaired) electrons. The van der Waals surface area contributed by atoms with Crippen molar-refractivity contribution >= 4 is 11.8 Å². The molecular formula is C9H10NY-. The molecule has 1 aromatic rings. The maximum Gasteiger partial charge on any atom is 0.0206 e. The maximum atomic E-state index is 5.63. The van der Waals surface area contributed by atoms with Crippen molar-refractivity contribution in [2.24, 2.45) is 0 Å². The summed E-state index contributed by atoms with van der Waals surface area (Å²) in [4.78, 5) is 0. The van der Waals surface area contributed by atoms with Gasteiger partial charge in [0.2, 0.25) is 0 Å². The molecule has 0 saturated heterocycles. The minimum absolute atomic E-state index is 0. The van der Waals surface area contributed by atoms with Crippen LogP contribution in [0.2, 0.25) is 0 Å². The van der Waals surface area contributed by atoms with Gasteiger partial charge in [-0.15, -0.1) is 0 Å². The van der Waals surface area contributed by atoms with E-state index in [4.69, 9.17) is 5.73 Å². The van der Waals surface area contributed by atoms with Gasteiger partial charge in [0.1, 0.15) is 0 Å². The molecule has 0 bridgehead atoms. The van der Waals surface area contributed by atoms with Crippen LogP contribution in [0.4, 0.5) is 5.69 Å². The standard InChI is InChI=1S/C9H10N.Y/c1-2-5-8-6-3-4-7-9(8)10;/h2-7H,1,10H2;/q-1;/b5-2-;. The molecule has 11 heavy (non-hydrogen) atoms. The van der Waals surface area contributed by atoms with Crippen LogP contribution in [0.25, 0.3) is 6.08 Å². The van der Waals surface area contributed by atoms with Crippen molar-refractivity contribution in [1.82, 2.24) is 0 Å². The summed E-state index contributed by atoms with van der Waals surface area (Å²) >= 11 is 0. The monoisotopic (exact) mass is 221 g/mol. The predicted octanol–water partition coefficient (Wildman–Crippen LogP) is 2.11. The van der Waals surface area contributed by atoms with Gasteiger partial charge < -0.3 is 5.73 Å². The Hall–Kier alpha value is -0.266. The van der Waals surface area contributed by atoms with Gasteiger partial charge in [-0.25, -0.2) is 19.1 Å². The number of nitrogen functional groups attached to an aromatic ring is 1. The van der Waals surface area contributed by atoms with E-state index in [1.165, 1.54) is 0 Å². The molecule has 0 aliphatic carbocycles. The van der Waals surface area contributed by atoms with E-state index in [9.17, 15) is 0 Å². The number of rotatable bonds is 1. The first-order chi connectivity index (χ1) is 4.84. The van der Waals surface area contributed by atoms with E-state index >= 15 is 0 Å². The molecule has 0 atom stereocenters. The minimum atomic E-state index is 0. The van der Waals surface area contributed by atoms with Crippen molar-refractivity contribution < 1.29 is 32.7 Å². The molecule has 0 spiro atoms. The van der Waals surface area contributed by atoms with Crippen LogP contribution in [-0.4, -0.2) is 0 Å². The molecule has 0 aliphatic rings. The molecule has 1 aromatic carbocycles. The Kier molecular flexibility index (Phi) is 5.26. The van der Waals surface area contributed by atoms with Crippen LogP contribution >= 0.6 is 0 Å². The summed E-state index contributed by atoms with van der Waals surface area (Å²) in [7, 11) is 0. The van der Waals surface area contributed by atoms with Crippen LogP contribution in [-0.2, 0) is 32.7 Å². The molecule has 55 valence electrons. The number of allylic oxidation sites excluding steroid dienone is 1. The first kappa shape index (κ1) is 10.7. The molecule has 2 heteroatoms. The second kappa shape index (κ2) is 5.39. The number of para-hydroxylation sites is 1. The third kappa shape index (κ3) is 3.09. The molecule has 0 unspecified atom stereocenters. The Bertz CT molecular complexity index is 243. The fourth-order valence-electron chi connectivity index (χ4n) is 0.790. The fourth-order valence-corrected chi connectivity index (χ4v) is 0.790. The van der Waals surface area contributed by atoms with E-state index < -0.39 is 0 Å². The van der Waals surface area contributed by atoms with Gasteiger partial charge in [-0.3, -0.25) is 0 Å². The molecule has 0 amide bonds. The summed E-state index contributed by atoms with van der Waals surface area (Å²) in [5, 5.41) is 0. The zero-order valence-corrected chi connectivity index (χ0v) is 9.16. The van der Waals surface area contributed by atoms with E-state index in [-0.39, 0.29) is 32.7 Å². The third-order valence-electron chi connectivity index (χ3n) is 1.29. The van der Waals surface area contributed by atoms with E-state index in [0.717, 1.165) is 11.3 Å². The van der Waals surface area contributed by atoms with Crippen LogP contribution < -0.4 is 5.73 Å². The topological polar surface area (TPSA) is 26.0 Å². The quantitative estimate of drug-likeness (QED) is 0.570. The van der Waals surface area contributed by atoms with Crippen molar-refractivity contribution in [2.45, 2.75) is 0 Å². The zero-order chi connectivity index (χ0) is 7.40. The molecule has 2 N–H and O–H groups in total. The molecule has 1 nitrogen and oxygen atoms in total. The average molecular weight is 221 g/mol. The summed E-state index contributed by atoms with van der Waals surface area (Å²) in [5.41, 5.74) is 7.45. The first-order valence-corrected chi connectivity index (χ1v) is 3.15. The van der Waals surface area contributed by atoms with Crippen molar-refractivity contribution in [3.05, 3.63) is 42.8 Å². The number of anilines is 1. The van der Waals surface area contributed by atoms with Gasteiger partial charge in [-0.05, 0) is 6.07 Å². The second-order valence-electron chi connectivity index (χ2n) is 2.03. The average Bonchev–Trinajstić information content (AvgIpc) is 1.94. The smallest absolute Gasteiger partial charge is 0.0206 e. The van der Waals surface area contributed by atoms with Crippen molar-refractivity contribution in [3.63, 3.8) is 0 Å². The minimum Gasteiger partial charge on any atom is -0.399 e. The van der Waals surface area contributed by atoms with Crippen LogP contribution in [0.3, 0.4) is 0 Å². The second-order valence-corrected chi connectivity index (χ2v) is 2.03. The van der Waals surface area contributed by atoms with Crippen molar-refractivity contribution in [2.75, 3.05) is 5.73 Å². The molecule has 0 saturated carbocycles. The summed E-state index contributed by atoms with van der Waals surface area (Å²) in [6, 6.07) is 7.69. The van der Waals surface area contributed by atoms with E-state index in [1.54, 1.807) is 6.08 Å². The summed E-state index contributed by atoms with van der Waals surface area (Å²) < 4.78 is 0. The third-order valence-corrected chi connectivity index (χ3v) is 1.29. The van der Waals surface area contributed by atoms with Gasteiger partial charge in [-0.1, -0.05) is 23.8 Å². The number of benzene rings is 1. The number of hydrogen-bond donors (Lipinski definition) is 1. The molecule has 0 fully saturated rings. The van der Waals surface area contributed by atoms with Gasteiger partial charge >= 0.3 is 0 Å². The van der Waals surface area contributed by atoms with E-state index in [0.29, 0.717) is 0 Å². The molecular weight excluding hydrogens is 211 g/mol. The fraction of sp³-hybridized carbons (Fsp3) is 0. The van der Waals surface area contributed by atoms with Crippen LogP contribution in [0.5, 0.6) is 0 Å². The number of hydrogen-bond acceptors (Lipinski definition) is 1. The molecule has 0 heterocycles. The molecule has 0 aromatic heterocycles. The van der Waals surface area contributed by atoms with Crippen molar-refractivity contribution in [3.8, 4) is 0 Å². The summed E-state index contributed by atoms with van der Waals surface area (Å²) in [6.07, 6.45) is 3.61. The first-order valence-electron chi connectivity index (χ1n) is 3.15. The van der Waals surface area contributed by atoms with Crippen molar-refractivity contribution in [1.29, 1.82) is 0 Å². The predicted molar refractivity (Wildman–Crippen MR) is 45.2 cm³/mol. The Balaban J connectivity index is 0.000001000. The SMILES string of the molecule is [CH2-]/C=C\c1ccccc1N.[Y]. The molecule has 1 rings (SSSR count). The van der Waals surface area contributed by atoms with Gasteiger partial charge in [0.15, 0.2) is 0 Å². The van der Waals surface area contributed by atoms with Gasteiger partial charge in [0.25, 0.3) is 0 Å². The Morgan fingerprint density at radius 2 is 1.91 bits per heavy atom. The van der Waals surface area contributed by atoms with Gasteiger partial charge in [-0.2, -0.15) is 0 Å². The van der Waals surface area contributed by atoms with Crippen LogP contribution in [0.1, 0.15) is 5.56 Å². The number of nitrogens with two attached hydrogens (primary N) is 1. The Labute approximate surface area is 92.6 Å². The largest absolute Gasteiger partial charge is 0.399 e. The summed E-state index contributed by atoms with van der Waals surface area (Å²) in [5.74, 6) is 0.